The molecule has 0 amide bonds. The van der Waals surface area contributed by atoms with Gasteiger partial charge in [-0.3, -0.25) is 0 Å². The van der Waals surface area contributed by atoms with E-state index in [0.717, 1.165) is 43.0 Å². The molecule has 2 heterocycles. The fourth-order valence-electron chi connectivity index (χ4n) is 2.02. The van der Waals surface area contributed by atoms with Crippen molar-refractivity contribution < 1.29 is 4.74 Å². The highest BCUT2D eigenvalue weighted by molar-refractivity contribution is 5.54. The number of aromatic nitrogens is 1. The average molecular weight is 221 g/mol. The van der Waals surface area contributed by atoms with Gasteiger partial charge in [0.25, 0.3) is 0 Å². The van der Waals surface area contributed by atoms with Crippen molar-refractivity contribution in [2.75, 3.05) is 30.8 Å². The van der Waals surface area contributed by atoms with Crippen LogP contribution in [0, 0.1) is 6.92 Å². The first-order chi connectivity index (χ1) is 7.70. The number of methoxy groups -OCH3 is 1. The first-order valence-corrected chi connectivity index (χ1v) is 5.70. The third-order valence-corrected chi connectivity index (χ3v) is 3.23. The third-order valence-electron chi connectivity index (χ3n) is 3.23. The highest BCUT2D eigenvalue weighted by Gasteiger charge is 2.19. The summed E-state index contributed by atoms with van der Waals surface area (Å²) < 4.78 is 5.35. The maximum absolute atomic E-state index is 5.89. The molecule has 2 rings (SSSR count). The smallest absolute Gasteiger partial charge is 0.130 e. The lowest BCUT2D eigenvalue weighted by Gasteiger charge is -2.32. The van der Waals surface area contributed by atoms with Gasteiger partial charge in [0, 0.05) is 38.1 Å². The van der Waals surface area contributed by atoms with Crippen LogP contribution in [-0.2, 0) is 4.74 Å². The number of nitrogens with two attached hydrogens (primary N) is 1. The lowest BCUT2D eigenvalue weighted by Crippen LogP contribution is -2.37. The van der Waals surface area contributed by atoms with E-state index in [-0.39, 0.29) is 0 Å². The normalized spacial score (nSPS) is 17.8. The van der Waals surface area contributed by atoms with Gasteiger partial charge in [-0.15, -0.1) is 0 Å². The number of anilines is 2. The Morgan fingerprint density at radius 3 is 2.69 bits per heavy atom. The largest absolute Gasteiger partial charge is 0.398 e. The van der Waals surface area contributed by atoms with Crippen molar-refractivity contribution in [3.8, 4) is 0 Å². The quantitative estimate of drug-likeness (QED) is 0.824. The molecule has 4 heteroatoms. The van der Waals surface area contributed by atoms with Gasteiger partial charge < -0.3 is 15.4 Å². The highest BCUT2D eigenvalue weighted by atomic mass is 16.5. The molecule has 88 valence electrons. The maximum Gasteiger partial charge on any atom is 0.130 e. The van der Waals surface area contributed by atoms with Crippen LogP contribution in [0.25, 0.3) is 0 Å². The first-order valence-electron chi connectivity index (χ1n) is 5.70. The van der Waals surface area contributed by atoms with Crippen molar-refractivity contribution >= 4 is 11.5 Å². The van der Waals surface area contributed by atoms with Crippen LogP contribution >= 0.6 is 0 Å². The maximum atomic E-state index is 5.89. The van der Waals surface area contributed by atoms with E-state index in [2.05, 4.69) is 9.88 Å². The minimum Gasteiger partial charge on any atom is -0.398 e. The lowest BCUT2D eigenvalue weighted by atomic mass is 10.1. The van der Waals surface area contributed by atoms with Gasteiger partial charge >= 0.3 is 0 Å². The van der Waals surface area contributed by atoms with E-state index in [0.29, 0.717) is 6.10 Å². The van der Waals surface area contributed by atoms with Crippen molar-refractivity contribution in [3.05, 3.63) is 17.8 Å². The average Bonchev–Trinajstić information content (AvgIpc) is 2.33. The molecule has 1 aliphatic heterocycles. The number of hydrogen-bond acceptors (Lipinski definition) is 4. The zero-order valence-electron chi connectivity index (χ0n) is 9.94. The zero-order valence-corrected chi connectivity index (χ0v) is 9.94. The SMILES string of the molecule is COC1CCN(c2cc(N)c(C)cn2)CC1. The van der Waals surface area contributed by atoms with Gasteiger partial charge in [-0.25, -0.2) is 4.98 Å². The highest BCUT2D eigenvalue weighted by Crippen LogP contribution is 2.22. The van der Waals surface area contributed by atoms with E-state index in [1.807, 2.05) is 19.2 Å². The molecule has 1 aromatic heterocycles. The fraction of sp³-hybridized carbons (Fsp3) is 0.583. The molecular formula is C12H19N3O. The molecule has 0 unspecified atom stereocenters. The predicted molar refractivity (Wildman–Crippen MR) is 65.6 cm³/mol. The van der Waals surface area contributed by atoms with Crippen LogP contribution in [-0.4, -0.2) is 31.3 Å². The number of hydrogen-bond donors (Lipinski definition) is 1. The van der Waals surface area contributed by atoms with Gasteiger partial charge in [0.05, 0.1) is 6.10 Å². The second-order valence-electron chi connectivity index (χ2n) is 4.32. The van der Waals surface area contributed by atoms with Gasteiger partial charge in [-0.05, 0) is 25.3 Å². The Morgan fingerprint density at radius 1 is 1.44 bits per heavy atom. The van der Waals surface area contributed by atoms with E-state index in [1.165, 1.54) is 0 Å². The Labute approximate surface area is 96.4 Å². The molecule has 1 aromatic rings. The lowest BCUT2D eigenvalue weighted by molar-refractivity contribution is 0.0818. The number of ether oxygens (including phenoxy) is 1. The van der Waals surface area contributed by atoms with Crippen LogP contribution in [0.15, 0.2) is 12.3 Å². The molecule has 0 bridgehead atoms. The first kappa shape index (κ1) is 11.2. The Bertz CT molecular complexity index is 359. The van der Waals surface area contributed by atoms with E-state index in [9.17, 15) is 0 Å². The van der Waals surface area contributed by atoms with Crippen molar-refractivity contribution in [1.82, 2.24) is 4.98 Å². The topological polar surface area (TPSA) is 51.4 Å². The van der Waals surface area contributed by atoms with E-state index in [4.69, 9.17) is 10.5 Å². The molecule has 0 spiro atoms. The standard InChI is InChI=1S/C12H19N3O/c1-9-8-14-12(7-11(9)13)15-5-3-10(16-2)4-6-15/h7-8,10H,3-6H2,1-2H3,(H2,13,14). The van der Waals surface area contributed by atoms with E-state index in [1.54, 1.807) is 7.11 Å². The molecule has 16 heavy (non-hydrogen) atoms. The van der Waals surface area contributed by atoms with Gasteiger partial charge in [0.2, 0.25) is 0 Å². The Hall–Kier alpha value is -1.29. The Morgan fingerprint density at radius 2 is 2.12 bits per heavy atom. The molecule has 0 radical (unpaired) electrons. The molecule has 4 nitrogen and oxygen atoms in total. The minimum absolute atomic E-state index is 0.402. The summed E-state index contributed by atoms with van der Waals surface area (Å²) in [5.74, 6) is 0.984. The summed E-state index contributed by atoms with van der Waals surface area (Å²) >= 11 is 0. The summed E-state index contributed by atoms with van der Waals surface area (Å²) in [5, 5.41) is 0. The molecule has 1 aliphatic rings. The summed E-state index contributed by atoms with van der Waals surface area (Å²) in [6, 6.07) is 1.96. The number of aryl methyl sites for hydroxylation is 1. The number of piperidine rings is 1. The molecule has 2 N–H and O–H groups in total. The molecule has 0 aliphatic carbocycles. The summed E-state index contributed by atoms with van der Waals surface area (Å²) in [6.07, 6.45) is 4.37. The van der Waals surface area contributed by atoms with Gasteiger partial charge in [-0.1, -0.05) is 0 Å². The summed E-state index contributed by atoms with van der Waals surface area (Å²) in [6.45, 7) is 3.96. The molecule has 1 fully saturated rings. The monoisotopic (exact) mass is 221 g/mol. The Balaban J connectivity index is 2.05. The van der Waals surface area contributed by atoms with Crippen molar-refractivity contribution in [2.45, 2.75) is 25.9 Å². The summed E-state index contributed by atoms with van der Waals surface area (Å²) in [5.41, 5.74) is 7.75. The number of rotatable bonds is 2. The van der Waals surface area contributed by atoms with Crippen molar-refractivity contribution in [2.24, 2.45) is 0 Å². The second-order valence-corrected chi connectivity index (χ2v) is 4.32. The summed E-state index contributed by atoms with van der Waals surface area (Å²) in [4.78, 5) is 6.69. The Kier molecular flexibility index (Phi) is 3.29. The van der Waals surface area contributed by atoms with Crippen molar-refractivity contribution in [1.29, 1.82) is 0 Å². The molecule has 0 aromatic carbocycles. The molecule has 0 saturated carbocycles. The van der Waals surface area contributed by atoms with Crippen LogP contribution in [0.5, 0.6) is 0 Å². The second kappa shape index (κ2) is 4.70. The number of nitrogen functional groups attached to an aromatic ring is 1. The van der Waals surface area contributed by atoms with Crippen LogP contribution in [0.3, 0.4) is 0 Å². The molecule has 1 saturated heterocycles. The van der Waals surface area contributed by atoms with Gasteiger partial charge in [-0.2, -0.15) is 0 Å². The predicted octanol–water partition coefficient (Wildman–Crippen LogP) is 1.59. The van der Waals surface area contributed by atoms with E-state index >= 15 is 0 Å². The number of pyridine rings is 1. The molecular weight excluding hydrogens is 202 g/mol. The van der Waals surface area contributed by atoms with Crippen LogP contribution in [0.1, 0.15) is 18.4 Å². The third kappa shape index (κ3) is 2.27. The van der Waals surface area contributed by atoms with E-state index < -0.39 is 0 Å². The molecule has 0 atom stereocenters. The van der Waals surface area contributed by atoms with Gasteiger partial charge in [0.1, 0.15) is 5.82 Å². The fourth-order valence-corrected chi connectivity index (χ4v) is 2.02. The van der Waals surface area contributed by atoms with Crippen LogP contribution in [0.4, 0.5) is 11.5 Å². The van der Waals surface area contributed by atoms with Gasteiger partial charge in [0.15, 0.2) is 0 Å². The van der Waals surface area contributed by atoms with Crippen LogP contribution < -0.4 is 10.6 Å². The number of nitrogens with zero attached hydrogens (tertiary/aromatic N) is 2. The van der Waals surface area contributed by atoms with Crippen LogP contribution in [0.2, 0.25) is 0 Å². The minimum atomic E-state index is 0.402. The summed E-state index contributed by atoms with van der Waals surface area (Å²) in [7, 11) is 1.78. The zero-order chi connectivity index (χ0) is 11.5. The van der Waals surface area contributed by atoms with Crippen molar-refractivity contribution in [3.63, 3.8) is 0 Å².